The van der Waals surface area contributed by atoms with Gasteiger partial charge in [-0.2, -0.15) is 0 Å². The van der Waals surface area contributed by atoms with Crippen molar-refractivity contribution in [1.82, 2.24) is 4.90 Å². The summed E-state index contributed by atoms with van der Waals surface area (Å²) in [6.45, 7) is 3.70. The lowest BCUT2D eigenvalue weighted by atomic mass is 10.0. The zero-order valence-electron chi connectivity index (χ0n) is 13.0. The van der Waals surface area contributed by atoms with Crippen LogP contribution in [0.1, 0.15) is 41.0 Å². The van der Waals surface area contributed by atoms with E-state index in [0.717, 1.165) is 4.90 Å². The van der Waals surface area contributed by atoms with Crippen molar-refractivity contribution in [1.29, 1.82) is 0 Å². The normalized spacial score (nSPS) is 15.1. The molecule has 0 spiro atoms. The summed E-state index contributed by atoms with van der Waals surface area (Å²) in [7, 11) is 1.18. The molecule has 24 heavy (non-hydrogen) atoms. The Hall–Kier alpha value is -1.01. The number of carbonyl (C=O) groups excluding carboxylic acids is 3. The van der Waals surface area contributed by atoms with Gasteiger partial charge in [-0.05, 0) is 12.3 Å². The summed E-state index contributed by atoms with van der Waals surface area (Å²) in [4.78, 5) is 38.4. The van der Waals surface area contributed by atoms with Crippen LogP contribution in [0.25, 0.3) is 0 Å². The van der Waals surface area contributed by atoms with Crippen molar-refractivity contribution >= 4 is 64.2 Å². The number of carbonyl (C=O) groups is 3. The van der Waals surface area contributed by atoms with E-state index in [2.05, 4.69) is 0 Å². The van der Waals surface area contributed by atoms with Crippen LogP contribution < -0.4 is 0 Å². The van der Waals surface area contributed by atoms with E-state index >= 15 is 0 Å². The van der Waals surface area contributed by atoms with Gasteiger partial charge in [-0.15, -0.1) is 0 Å². The maximum absolute atomic E-state index is 12.7. The van der Waals surface area contributed by atoms with E-state index < -0.39 is 23.8 Å². The first-order valence-corrected chi connectivity index (χ1v) is 8.46. The summed E-state index contributed by atoms with van der Waals surface area (Å²) >= 11 is 24.1. The largest absolute Gasteiger partial charge is 0.467 e. The number of hydrogen-bond donors (Lipinski definition) is 0. The molecule has 2 rings (SSSR count). The molecule has 130 valence electrons. The highest BCUT2D eigenvalue weighted by molar-refractivity contribution is 6.55. The molecule has 1 aliphatic heterocycles. The molecular weight excluding hydrogens is 400 g/mol. The Kier molecular flexibility index (Phi) is 5.70. The lowest BCUT2D eigenvalue weighted by Crippen LogP contribution is -2.46. The molecule has 0 N–H and O–H groups in total. The van der Waals surface area contributed by atoms with Crippen molar-refractivity contribution in [2.24, 2.45) is 5.92 Å². The summed E-state index contributed by atoms with van der Waals surface area (Å²) < 4.78 is 4.73. The molecular formula is C15H13Cl4NO4. The van der Waals surface area contributed by atoms with E-state index in [1.807, 2.05) is 13.8 Å². The second-order valence-electron chi connectivity index (χ2n) is 5.65. The highest BCUT2D eigenvalue weighted by Crippen LogP contribution is 2.45. The molecule has 0 radical (unpaired) electrons. The number of esters is 1. The quantitative estimate of drug-likeness (QED) is 0.316. The van der Waals surface area contributed by atoms with Gasteiger partial charge >= 0.3 is 5.97 Å². The second-order valence-corrected chi connectivity index (χ2v) is 7.17. The average molecular weight is 413 g/mol. The average Bonchev–Trinajstić information content (AvgIpc) is 2.78. The van der Waals surface area contributed by atoms with Gasteiger partial charge in [-0.1, -0.05) is 60.3 Å². The third-order valence-electron chi connectivity index (χ3n) is 3.61. The Morgan fingerprint density at radius 3 is 1.71 bits per heavy atom. The van der Waals surface area contributed by atoms with Gasteiger partial charge in [-0.25, -0.2) is 4.79 Å². The van der Waals surface area contributed by atoms with Crippen molar-refractivity contribution in [3.8, 4) is 0 Å². The van der Waals surface area contributed by atoms with E-state index in [9.17, 15) is 14.4 Å². The molecule has 0 saturated carbocycles. The Labute approximate surface area is 158 Å². The summed E-state index contributed by atoms with van der Waals surface area (Å²) in [5, 5.41) is -0.586. The molecule has 1 heterocycles. The van der Waals surface area contributed by atoms with Crippen LogP contribution in [-0.2, 0) is 9.53 Å². The molecule has 0 bridgehead atoms. The molecule has 5 nitrogen and oxygen atoms in total. The molecule has 2 amide bonds. The fourth-order valence-electron chi connectivity index (χ4n) is 2.54. The maximum Gasteiger partial charge on any atom is 0.329 e. The van der Waals surface area contributed by atoms with E-state index in [0.29, 0.717) is 0 Å². The van der Waals surface area contributed by atoms with Gasteiger partial charge in [0.05, 0.1) is 38.3 Å². The van der Waals surface area contributed by atoms with Gasteiger partial charge in [0.15, 0.2) is 0 Å². The molecule has 0 aromatic heterocycles. The number of hydrogen-bond acceptors (Lipinski definition) is 4. The van der Waals surface area contributed by atoms with Gasteiger partial charge in [0.2, 0.25) is 0 Å². The lowest BCUT2D eigenvalue weighted by molar-refractivity contribution is -0.145. The van der Waals surface area contributed by atoms with Gasteiger partial charge in [0, 0.05) is 0 Å². The lowest BCUT2D eigenvalue weighted by Gasteiger charge is -2.25. The minimum atomic E-state index is -1.09. The number of amides is 2. The van der Waals surface area contributed by atoms with Crippen molar-refractivity contribution in [3.63, 3.8) is 0 Å². The minimum Gasteiger partial charge on any atom is -0.467 e. The molecule has 9 heteroatoms. The molecule has 0 fully saturated rings. The number of methoxy groups -OCH3 is 1. The van der Waals surface area contributed by atoms with E-state index in [-0.39, 0.29) is 43.6 Å². The number of ether oxygens (including phenoxy) is 1. The Balaban J connectivity index is 2.63. The first-order valence-electron chi connectivity index (χ1n) is 6.95. The monoisotopic (exact) mass is 411 g/mol. The third kappa shape index (κ3) is 2.99. The number of rotatable bonds is 4. The Morgan fingerprint density at radius 1 is 0.958 bits per heavy atom. The topological polar surface area (TPSA) is 63.7 Å². The third-order valence-corrected chi connectivity index (χ3v) is 5.41. The van der Waals surface area contributed by atoms with Gasteiger partial charge in [0.1, 0.15) is 6.04 Å². The molecule has 1 aromatic rings. The van der Waals surface area contributed by atoms with Gasteiger partial charge < -0.3 is 4.74 Å². The predicted octanol–water partition coefficient (Wildman–Crippen LogP) is 4.48. The Bertz CT molecular complexity index is 701. The molecule has 1 aromatic carbocycles. The number of fused-ring (bicyclic) bond motifs is 1. The summed E-state index contributed by atoms with van der Waals surface area (Å²) in [5.74, 6) is -2.19. The summed E-state index contributed by atoms with van der Waals surface area (Å²) in [5.41, 5.74) is -0.308. The van der Waals surface area contributed by atoms with Gasteiger partial charge in [-0.3, -0.25) is 14.5 Å². The SMILES string of the molecule is COC(=O)C(CC(C)C)N1C(=O)c2c(Cl)c(Cl)c(Cl)c(Cl)c2C1=O. The number of benzene rings is 1. The van der Waals surface area contributed by atoms with Crippen molar-refractivity contribution < 1.29 is 19.1 Å². The van der Waals surface area contributed by atoms with E-state index in [1.54, 1.807) is 0 Å². The molecule has 0 saturated heterocycles. The van der Waals surface area contributed by atoms with Crippen LogP contribution in [0.15, 0.2) is 0 Å². The zero-order chi connectivity index (χ0) is 18.3. The molecule has 1 aliphatic rings. The smallest absolute Gasteiger partial charge is 0.329 e. The zero-order valence-corrected chi connectivity index (χ0v) is 16.0. The van der Waals surface area contributed by atoms with Crippen LogP contribution >= 0.6 is 46.4 Å². The first-order chi connectivity index (χ1) is 11.1. The van der Waals surface area contributed by atoms with Gasteiger partial charge in [0.25, 0.3) is 11.8 Å². The van der Waals surface area contributed by atoms with E-state index in [1.165, 1.54) is 7.11 Å². The molecule has 1 atom stereocenters. The minimum absolute atomic E-state index is 0.0246. The highest BCUT2D eigenvalue weighted by atomic mass is 35.5. The van der Waals surface area contributed by atoms with Crippen LogP contribution in [0.5, 0.6) is 0 Å². The summed E-state index contributed by atoms with van der Waals surface area (Å²) in [6, 6.07) is -1.09. The van der Waals surface area contributed by atoms with Crippen LogP contribution in [0.4, 0.5) is 0 Å². The van der Waals surface area contributed by atoms with Crippen LogP contribution in [0, 0.1) is 5.92 Å². The van der Waals surface area contributed by atoms with Crippen LogP contribution in [0.3, 0.4) is 0 Å². The highest BCUT2D eigenvalue weighted by Gasteiger charge is 2.47. The predicted molar refractivity (Wildman–Crippen MR) is 92.2 cm³/mol. The molecule has 0 aliphatic carbocycles. The van der Waals surface area contributed by atoms with Crippen molar-refractivity contribution in [3.05, 3.63) is 31.2 Å². The molecule has 1 unspecified atom stereocenters. The standard InChI is InChI=1S/C15H13Cl4NO4/c1-5(2)4-6(15(23)24-3)20-13(21)7-8(14(20)22)10(17)12(19)11(18)9(7)16/h5-6H,4H2,1-3H3. The van der Waals surface area contributed by atoms with E-state index in [4.69, 9.17) is 51.1 Å². The summed E-state index contributed by atoms with van der Waals surface area (Å²) in [6.07, 6.45) is 0.231. The van der Waals surface area contributed by atoms with Crippen molar-refractivity contribution in [2.45, 2.75) is 26.3 Å². The fourth-order valence-corrected chi connectivity index (χ4v) is 3.55. The van der Waals surface area contributed by atoms with Crippen LogP contribution in [0.2, 0.25) is 20.1 Å². The first kappa shape index (κ1) is 19.3. The number of nitrogens with zero attached hydrogens (tertiary/aromatic N) is 1. The number of imide groups is 1. The Morgan fingerprint density at radius 2 is 1.38 bits per heavy atom. The van der Waals surface area contributed by atoms with Crippen molar-refractivity contribution in [2.75, 3.05) is 7.11 Å². The fraction of sp³-hybridized carbons (Fsp3) is 0.400. The number of halogens is 4. The van der Waals surface area contributed by atoms with Crippen LogP contribution in [-0.4, -0.2) is 35.8 Å². The second kappa shape index (κ2) is 7.08. The maximum atomic E-state index is 12.7.